The molecule has 5 heteroatoms. The van der Waals surface area contributed by atoms with Crippen LogP contribution in [0.4, 0.5) is 0 Å². The SMILES string of the molecule is CCCCCCCCCCCC(=O)N[C@@H](C)C(=O)O.[Zn]. The van der Waals surface area contributed by atoms with Gasteiger partial charge < -0.3 is 10.4 Å². The molecular weight excluding hydrogens is 308 g/mol. The molecule has 0 bridgehead atoms. The van der Waals surface area contributed by atoms with Gasteiger partial charge in [-0.05, 0) is 13.3 Å². The predicted molar refractivity (Wildman–Crippen MR) is 77.1 cm³/mol. The molecule has 114 valence electrons. The molecule has 0 heterocycles. The van der Waals surface area contributed by atoms with Crippen LogP contribution in [0.1, 0.15) is 78.1 Å². The van der Waals surface area contributed by atoms with E-state index in [0.29, 0.717) is 6.42 Å². The maximum Gasteiger partial charge on any atom is 0.325 e. The molecule has 0 spiro atoms. The van der Waals surface area contributed by atoms with Crippen molar-refractivity contribution < 1.29 is 34.2 Å². The topological polar surface area (TPSA) is 66.4 Å². The second kappa shape index (κ2) is 15.0. The van der Waals surface area contributed by atoms with Crippen LogP contribution >= 0.6 is 0 Å². The molecule has 0 aliphatic heterocycles. The zero-order valence-electron chi connectivity index (χ0n) is 13.1. The predicted octanol–water partition coefficient (Wildman–Crippen LogP) is 3.49. The van der Waals surface area contributed by atoms with E-state index in [1.807, 2.05) is 0 Å². The fourth-order valence-electron chi connectivity index (χ4n) is 1.97. The third kappa shape index (κ3) is 14.0. The fourth-order valence-corrected chi connectivity index (χ4v) is 1.97. The summed E-state index contributed by atoms with van der Waals surface area (Å²) in [6.07, 6.45) is 11.3. The van der Waals surface area contributed by atoms with Gasteiger partial charge in [0, 0.05) is 25.9 Å². The number of hydrogen-bond donors (Lipinski definition) is 2. The van der Waals surface area contributed by atoms with Crippen LogP contribution < -0.4 is 5.32 Å². The monoisotopic (exact) mass is 335 g/mol. The number of hydrogen-bond acceptors (Lipinski definition) is 2. The largest absolute Gasteiger partial charge is 0.480 e. The summed E-state index contributed by atoms with van der Waals surface area (Å²) in [4.78, 5) is 21.9. The molecule has 0 saturated heterocycles. The maximum atomic E-state index is 11.4. The van der Waals surface area contributed by atoms with Crippen molar-refractivity contribution in [1.29, 1.82) is 0 Å². The Kier molecular flexibility index (Phi) is 16.3. The number of rotatable bonds is 12. The standard InChI is InChI=1S/C15H29NO3.Zn/c1-3-4-5-6-7-8-9-10-11-12-14(17)16-13(2)15(18)19;/h13H,3-12H2,1-2H3,(H,16,17)(H,18,19);/t13-;/m0./s1. The van der Waals surface area contributed by atoms with Gasteiger partial charge in [-0.15, -0.1) is 0 Å². The molecule has 0 radical (unpaired) electrons. The molecule has 0 fully saturated rings. The number of carboxylic acid groups (broad SMARTS) is 1. The number of aliphatic carboxylic acids is 1. The summed E-state index contributed by atoms with van der Waals surface area (Å²) >= 11 is 0. The first kappa shape index (κ1) is 21.9. The molecule has 2 N–H and O–H groups in total. The van der Waals surface area contributed by atoms with Gasteiger partial charge in [0.1, 0.15) is 6.04 Å². The van der Waals surface area contributed by atoms with Crippen LogP contribution in [0.2, 0.25) is 0 Å². The Balaban J connectivity index is 0. The van der Waals surface area contributed by atoms with Gasteiger partial charge in [-0.2, -0.15) is 0 Å². The van der Waals surface area contributed by atoms with Crippen LogP contribution in [0.15, 0.2) is 0 Å². The molecular formula is C15H29NO3Zn. The summed E-state index contributed by atoms with van der Waals surface area (Å²) < 4.78 is 0. The minimum Gasteiger partial charge on any atom is -0.480 e. The van der Waals surface area contributed by atoms with E-state index in [9.17, 15) is 9.59 Å². The van der Waals surface area contributed by atoms with E-state index in [4.69, 9.17) is 5.11 Å². The van der Waals surface area contributed by atoms with Gasteiger partial charge in [-0.3, -0.25) is 9.59 Å². The normalized spacial score (nSPS) is 11.5. The second-order valence-electron chi connectivity index (χ2n) is 5.21. The Labute approximate surface area is 135 Å². The van der Waals surface area contributed by atoms with Gasteiger partial charge in [0.25, 0.3) is 0 Å². The molecule has 1 amide bonds. The molecule has 4 nitrogen and oxygen atoms in total. The number of unbranched alkanes of at least 4 members (excludes halogenated alkanes) is 8. The zero-order chi connectivity index (χ0) is 14.5. The fraction of sp³-hybridized carbons (Fsp3) is 0.867. The molecule has 0 aliphatic rings. The van der Waals surface area contributed by atoms with Gasteiger partial charge in [0.2, 0.25) is 5.91 Å². The Morgan fingerprint density at radius 2 is 1.40 bits per heavy atom. The first-order valence-electron chi connectivity index (χ1n) is 7.60. The zero-order valence-corrected chi connectivity index (χ0v) is 16.1. The molecule has 0 saturated carbocycles. The Bertz CT molecular complexity index is 260. The van der Waals surface area contributed by atoms with Crippen molar-refractivity contribution >= 4 is 11.9 Å². The third-order valence-corrected chi connectivity index (χ3v) is 3.26. The Hall–Kier alpha value is -0.437. The first-order chi connectivity index (χ1) is 9.07. The average Bonchev–Trinajstić information content (AvgIpc) is 2.36. The number of carbonyl (C=O) groups is 2. The van der Waals surface area contributed by atoms with E-state index in [2.05, 4.69) is 12.2 Å². The summed E-state index contributed by atoms with van der Waals surface area (Å²) in [5.41, 5.74) is 0. The summed E-state index contributed by atoms with van der Waals surface area (Å²) in [6.45, 7) is 3.70. The van der Waals surface area contributed by atoms with Gasteiger partial charge >= 0.3 is 5.97 Å². The minimum atomic E-state index is -0.986. The smallest absolute Gasteiger partial charge is 0.325 e. The molecule has 0 aromatic carbocycles. The van der Waals surface area contributed by atoms with Crippen LogP contribution in [0.3, 0.4) is 0 Å². The minimum absolute atomic E-state index is 0. The van der Waals surface area contributed by atoms with Crippen molar-refractivity contribution in [3.8, 4) is 0 Å². The second-order valence-corrected chi connectivity index (χ2v) is 5.21. The summed E-state index contributed by atoms with van der Waals surface area (Å²) in [5.74, 6) is -1.14. The number of carbonyl (C=O) groups excluding carboxylic acids is 1. The van der Waals surface area contributed by atoms with E-state index in [1.165, 1.54) is 51.9 Å². The van der Waals surface area contributed by atoms with Crippen LogP contribution in [0.5, 0.6) is 0 Å². The summed E-state index contributed by atoms with van der Waals surface area (Å²) in [7, 11) is 0. The van der Waals surface area contributed by atoms with E-state index >= 15 is 0 Å². The first-order valence-corrected chi connectivity index (χ1v) is 7.60. The van der Waals surface area contributed by atoms with E-state index < -0.39 is 12.0 Å². The Morgan fingerprint density at radius 1 is 0.950 bits per heavy atom. The Morgan fingerprint density at radius 3 is 1.85 bits per heavy atom. The van der Waals surface area contributed by atoms with E-state index in [0.717, 1.165) is 12.8 Å². The number of carboxylic acids is 1. The molecule has 20 heavy (non-hydrogen) atoms. The number of nitrogens with one attached hydrogen (secondary N) is 1. The van der Waals surface area contributed by atoms with Crippen LogP contribution in [-0.2, 0) is 29.1 Å². The summed E-state index contributed by atoms with van der Waals surface area (Å²) in [5, 5.41) is 11.1. The van der Waals surface area contributed by atoms with Crippen LogP contribution in [0.25, 0.3) is 0 Å². The van der Waals surface area contributed by atoms with E-state index in [-0.39, 0.29) is 25.4 Å². The molecule has 0 aromatic heterocycles. The third-order valence-electron chi connectivity index (χ3n) is 3.26. The molecule has 0 unspecified atom stereocenters. The van der Waals surface area contributed by atoms with Crippen LogP contribution in [0, 0.1) is 0 Å². The van der Waals surface area contributed by atoms with Crippen molar-refractivity contribution in [2.75, 3.05) is 0 Å². The quantitative estimate of drug-likeness (QED) is 0.423. The van der Waals surface area contributed by atoms with Crippen LogP contribution in [-0.4, -0.2) is 23.0 Å². The maximum absolute atomic E-state index is 11.4. The van der Waals surface area contributed by atoms with Gasteiger partial charge in [0.05, 0.1) is 0 Å². The van der Waals surface area contributed by atoms with Gasteiger partial charge in [0.15, 0.2) is 0 Å². The molecule has 0 aromatic rings. The molecule has 1 atom stereocenters. The van der Waals surface area contributed by atoms with Crippen molar-refractivity contribution in [3.05, 3.63) is 0 Å². The average molecular weight is 337 g/mol. The van der Waals surface area contributed by atoms with Crippen molar-refractivity contribution in [2.45, 2.75) is 84.1 Å². The molecule has 0 rings (SSSR count). The summed E-state index contributed by atoms with van der Waals surface area (Å²) in [6, 6.07) is -0.786. The number of amides is 1. The molecule has 0 aliphatic carbocycles. The van der Waals surface area contributed by atoms with Crippen molar-refractivity contribution in [3.63, 3.8) is 0 Å². The van der Waals surface area contributed by atoms with Crippen molar-refractivity contribution in [1.82, 2.24) is 5.32 Å². The van der Waals surface area contributed by atoms with E-state index in [1.54, 1.807) is 0 Å². The van der Waals surface area contributed by atoms with Gasteiger partial charge in [-0.1, -0.05) is 58.3 Å². The van der Waals surface area contributed by atoms with Crippen molar-refractivity contribution in [2.24, 2.45) is 0 Å². The van der Waals surface area contributed by atoms with Gasteiger partial charge in [-0.25, -0.2) is 0 Å².